The fourth-order valence-corrected chi connectivity index (χ4v) is 3.91. The van der Waals surface area contributed by atoms with Crippen molar-refractivity contribution in [2.24, 2.45) is 0 Å². The van der Waals surface area contributed by atoms with Gasteiger partial charge in [-0.2, -0.15) is 17.4 Å². The van der Waals surface area contributed by atoms with Gasteiger partial charge >= 0.3 is 0 Å². The summed E-state index contributed by atoms with van der Waals surface area (Å²) in [7, 11) is -3.35. The Bertz CT molecular complexity index is 511. The summed E-state index contributed by atoms with van der Waals surface area (Å²) >= 11 is 3.38. The van der Waals surface area contributed by atoms with E-state index in [2.05, 4.69) is 20.7 Å². The predicted molar refractivity (Wildman–Crippen MR) is 79.9 cm³/mol. The minimum Gasteiger partial charge on any atom is -0.198 e. The maximum absolute atomic E-state index is 12.2. The summed E-state index contributed by atoms with van der Waals surface area (Å²) in [5, 5.41) is 0. The normalized spacial score (nSPS) is 18.2. The molecule has 1 heterocycles. The van der Waals surface area contributed by atoms with Crippen molar-refractivity contribution in [2.45, 2.75) is 32.2 Å². The molecule has 1 aromatic carbocycles. The molecule has 6 heteroatoms. The van der Waals surface area contributed by atoms with E-state index in [9.17, 15) is 8.42 Å². The molecular weight excluding hydrogens is 328 g/mol. The highest BCUT2D eigenvalue weighted by Crippen LogP contribution is 2.14. The van der Waals surface area contributed by atoms with Crippen molar-refractivity contribution in [3.8, 4) is 0 Å². The second-order valence-electron chi connectivity index (χ2n) is 4.77. The van der Waals surface area contributed by atoms with Crippen molar-refractivity contribution in [2.75, 3.05) is 13.1 Å². The molecule has 0 amide bonds. The van der Waals surface area contributed by atoms with Gasteiger partial charge in [0.05, 0.1) is 0 Å². The number of hydrogen-bond acceptors (Lipinski definition) is 2. The highest BCUT2D eigenvalue weighted by atomic mass is 79.9. The molecule has 1 aliphatic rings. The van der Waals surface area contributed by atoms with E-state index in [0.717, 1.165) is 35.7 Å². The average Bonchev–Trinajstić information content (AvgIpc) is 2.66. The van der Waals surface area contributed by atoms with Crippen LogP contribution in [0.25, 0.3) is 0 Å². The number of nitrogens with one attached hydrogen (secondary N) is 1. The Hall–Kier alpha value is -0.430. The monoisotopic (exact) mass is 346 g/mol. The molecule has 1 aliphatic heterocycles. The van der Waals surface area contributed by atoms with Gasteiger partial charge in [-0.15, -0.1) is 0 Å². The molecule has 106 valence electrons. The van der Waals surface area contributed by atoms with Crippen LogP contribution in [0, 0.1) is 0 Å². The molecule has 0 unspecified atom stereocenters. The quantitative estimate of drug-likeness (QED) is 0.910. The van der Waals surface area contributed by atoms with Crippen LogP contribution in [0.3, 0.4) is 0 Å². The molecule has 1 N–H and O–H groups in total. The molecule has 1 fully saturated rings. The number of benzene rings is 1. The third-order valence-corrected chi connectivity index (χ3v) is 5.30. The fraction of sp³-hybridized carbons (Fsp3) is 0.538. The molecule has 2 rings (SSSR count). The molecule has 0 aliphatic carbocycles. The lowest BCUT2D eigenvalue weighted by Crippen LogP contribution is -2.40. The van der Waals surface area contributed by atoms with Crippen LogP contribution in [0.5, 0.6) is 0 Å². The lowest BCUT2D eigenvalue weighted by molar-refractivity contribution is 0.414. The van der Waals surface area contributed by atoms with Crippen molar-refractivity contribution in [3.63, 3.8) is 0 Å². The molecule has 0 spiro atoms. The van der Waals surface area contributed by atoms with E-state index in [-0.39, 0.29) is 0 Å². The summed E-state index contributed by atoms with van der Waals surface area (Å²) in [6.45, 7) is 1.60. The van der Waals surface area contributed by atoms with Crippen LogP contribution in [0.2, 0.25) is 0 Å². The van der Waals surface area contributed by atoms with Gasteiger partial charge in [-0.3, -0.25) is 0 Å². The zero-order valence-electron chi connectivity index (χ0n) is 10.8. The summed E-state index contributed by atoms with van der Waals surface area (Å²) in [4.78, 5) is 0. The highest BCUT2D eigenvalue weighted by molar-refractivity contribution is 9.10. The predicted octanol–water partition coefficient (Wildman–Crippen LogP) is 2.66. The minimum absolute atomic E-state index is 0.332. The molecule has 0 saturated carbocycles. The summed E-state index contributed by atoms with van der Waals surface area (Å²) in [5.41, 5.74) is 0.952. The van der Waals surface area contributed by atoms with Crippen molar-refractivity contribution >= 4 is 26.1 Å². The van der Waals surface area contributed by atoms with Gasteiger partial charge < -0.3 is 0 Å². The third-order valence-electron chi connectivity index (χ3n) is 3.25. The largest absolute Gasteiger partial charge is 0.279 e. The van der Waals surface area contributed by atoms with Crippen molar-refractivity contribution in [1.82, 2.24) is 9.03 Å². The average molecular weight is 347 g/mol. The zero-order chi connectivity index (χ0) is 13.7. The van der Waals surface area contributed by atoms with Crippen LogP contribution in [0.15, 0.2) is 28.7 Å². The van der Waals surface area contributed by atoms with Crippen LogP contribution >= 0.6 is 15.9 Å². The fourth-order valence-electron chi connectivity index (χ4n) is 2.19. The molecule has 1 saturated heterocycles. The van der Waals surface area contributed by atoms with E-state index in [1.807, 2.05) is 24.3 Å². The number of hydrogen-bond donors (Lipinski definition) is 1. The smallest absolute Gasteiger partial charge is 0.198 e. The summed E-state index contributed by atoms with van der Waals surface area (Å²) in [6.07, 6.45) is 4.16. The standard InChI is InChI=1S/C13H19BrN2O2S/c14-13-7-5-6-12(10-13)11-15-19(17,18)16-8-3-1-2-4-9-16/h5-7,10,15H,1-4,8-9,11H2. The number of halogens is 1. The lowest BCUT2D eigenvalue weighted by atomic mass is 10.2. The second-order valence-corrected chi connectivity index (χ2v) is 7.44. The van der Waals surface area contributed by atoms with E-state index >= 15 is 0 Å². The van der Waals surface area contributed by atoms with Gasteiger partial charge in [0.1, 0.15) is 0 Å². The van der Waals surface area contributed by atoms with E-state index in [4.69, 9.17) is 0 Å². The highest BCUT2D eigenvalue weighted by Gasteiger charge is 2.22. The first-order valence-corrected chi connectivity index (χ1v) is 8.80. The molecule has 19 heavy (non-hydrogen) atoms. The summed E-state index contributed by atoms with van der Waals surface area (Å²) in [6, 6.07) is 7.66. The van der Waals surface area contributed by atoms with Gasteiger partial charge in [0, 0.05) is 24.1 Å². The lowest BCUT2D eigenvalue weighted by Gasteiger charge is -2.20. The Balaban J connectivity index is 1.96. The van der Waals surface area contributed by atoms with Crippen LogP contribution in [0.1, 0.15) is 31.2 Å². The summed E-state index contributed by atoms with van der Waals surface area (Å²) in [5.74, 6) is 0. The Morgan fingerprint density at radius 1 is 1.16 bits per heavy atom. The van der Waals surface area contributed by atoms with Crippen LogP contribution in [-0.2, 0) is 16.8 Å². The summed E-state index contributed by atoms with van der Waals surface area (Å²) < 4.78 is 29.6. The SMILES string of the molecule is O=S(=O)(NCc1cccc(Br)c1)N1CCCCCC1. The first-order chi connectivity index (χ1) is 9.08. The van der Waals surface area contributed by atoms with E-state index in [0.29, 0.717) is 19.6 Å². The molecule has 0 radical (unpaired) electrons. The number of nitrogens with zero attached hydrogens (tertiary/aromatic N) is 1. The Morgan fingerprint density at radius 2 is 1.84 bits per heavy atom. The van der Waals surface area contributed by atoms with Crippen LogP contribution < -0.4 is 4.72 Å². The van der Waals surface area contributed by atoms with Gasteiger partial charge in [-0.05, 0) is 30.5 Å². The van der Waals surface area contributed by atoms with Gasteiger partial charge in [-0.25, -0.2) is 0 Å². The molecule has 0 atom stereocenters. The van der Waals surface area contributed by atoms with Crippen molar-refractivity contribution in [3.05, 3.63) is 34.3 Å². The topological polar surface area (TPSA) is 49.4 Å². The van der Waals surface area contributed by atoms with E-state index in [1.165, 1.54) is 0 Å². The molecular formula is C13H19BrN2O2S. The first-order valence-electron chi connectivity index (χ1n) is 6.57. The molecule has 1 aromatic rings. The molecule has 0 bridgehead atoms. The first kappa shape index (κ1) is 15.0. The van der Waals surface area contributed by atoms with Gasteiger partial charge in [0.25, 0.3) is 10.2 Å². The zero-order valence-corrected chi connectivity index (χ0v) is 13.2. The molecule has 4 nitrogen and oxygen atoms in total. The second kappa shape index (κ2) is 6.83. The van der Waals surface area contributed by atoms with Gasteiger partial charge in [0.15, 0.2) is 0 Å². The maximum atomic E-state index is 12.2. The van der Waals surface area contributed by atoms with Crippen molar-refractivity contribution < 1.29 is 8.42 Å². The van der Waals surface area contributed by atoms with Gasteiger partial charge in [-0.1, -0.05) is 40.9 Å². The Labute approximate surface area is 123 Å². The van der Waals surface area contributed by atoms with Gasteiger partial charge in [0.2, 0.25) is 0 Å². The van der Waals surface area contributed by atoms with Crippen molar-refractivity contribution in [1.29, 1.82) is 0 Å². The number of rotatable bonds is 4. The minimum atomic E-state index is -3.35. The molecule has 0 aromatic heterocycles. The Kier molecular flexibility index (Phi) is 5.38. The van der Waals surface area contributed by atoms with Crippen LogP contribution in [0.4, 0.5) is 0 Å². The van der Waals surface area contributed by atoms with E-state index < -0.39 is 10.2 Å². The maximum Gasteiger partial charge on any atom is 0.279 e. The van der Waals surface area contributed by atoms with Crippen LogP contribution in [-0.4, -0.2) is 25.8 Å². The Morgan fingerprint density at radius 3 is 2.47 bits per heavy atom. The van der Waals surface area contributed by atoms with E-state index in [1.54, 1.807) is 4.31 Å². The third kappa shape index (κ3) is 4.56.